The lowest BCUT2D eigenvalue weighted by Crippen LogP contribution is -2.21. The van der Waals surface area contributed by atoms with Crippen LogP contribution in [0, 0.1) is 0 Å². The standard InChI is InChI=1S/C8H15ClO2/c1-8(2)10-6-7(11-8)4-3-5-9/h7H,3-6H2,1-2H3. The highest BCUT2D eigenvalue weighted by molar-refractivity contribution is 6.17. The summed E-state index contributed by atoms with van der Waals surface area (Å²) >= 11 is 5.55. The minimum atomic E-state index is -0.378. The minimum absolute atomic E-state index is 0.253. The summed E-state index contributed by atoms with van der Waals surface area (Å²) in [6.07, 6.45) is 2.27. The Hall–Kier alpha value is 0.210. The smallest absolute Gasteiger partial charge is 0.163 e. The van der Waals surface area contributed by atoms with Gasteiger partial charge in [-0.15, -0.1) is 11.6 Å². The normalized spacial score (nSPS) is 29.2. The topological polar surface area (TPSA) is 18.5 Å². The average molecular weight is 179 g/mol. The third-order valence-corrected chi connectivity index (χ3v) is 1.99. The molecular weight excluding hydrogens is 164 g/mol. The van der Waals surface area contributed by atoms with Crippen molar-refractivity contribution in [3.05, 3.63) is 0 Å². The third-order valence-electron chi connectivity index (χ3n) is 1.73. The zero-order chi connectivity index (χ0) is 8.32. The predicted molar refractivity (Wildman–Crippen MR) is 44.9 cm³/mol. The van der Waals surface area contributed by atoms with Gasteiger partial charge in [-0.1, -0.05) is 0 Å². The second kappa shape index (κ2) is 3.74. The minimum Gasteiger partial charge on any atom is -0.348 e. The number of halogens is 1. The van der Waals surface area contributed by atoms with E-state index in [0.717, 1.165) is 12.8 Å². The van der Waals surface area contributed by atoms with Gasteiger partial charge in [-0.25, -0.2) is 0 Å². The van der Waals surface area contributed by atoms with Crippen LogP contribution in [0.2, 0.25) is 0 Å². The molecule has 66 valence electrons. The molecule has 1 fully saturated rings. The number of hydrogen-bond donors (Lipinski definition) is 0. The molecule has 2 nitrogen and oxygen atoms in total. The first-order valence-corrected chi connectivity index (χ1v) is 4.55. The van der Waals surface area contributed by atoms with E-state index in [-0.39, 0.29) is 11.9 Å². The Morgan fingerprint density at radius 2 is 2.27 bits per heavy atom. The second-order valence-electron chi connectivity index (χ2n) is 3.28. The van der Waals surface area contributed by atoms with Crippen molar-refractivity contribution in [3.63, 3.8) is 0 Å². The van der Waals surface area contributed by atoms with Gasteiger partial charge in [0.1, 0.15) is 0 Å². The molecule has 0 N–H and O–H groups in total. The van der Waals surface area contributed by atoms with Crippen LogP contribution in [0.4, 0.5) is 0 Å². The van der Waals surface area contributed by atoms with Gasteiger partial charge in [0.15, 0.2) is 5.79 Å². The molecule has 0 amide bonds. The molecule has 0 spiro atoms. The van der Waals surface area contributed by atoms with Gasteiger partial charge >= 0.3 is 0 Å². The first-order chi connectivity index (χ1) is 5.14. The van der Waals surface area contributed by atoms with Crippen molar-refractivity contribution in [1.82, 2.24) is 0 Å². The van der Waals surface area contributed by atoms with Gasteiger partial charge in [0, 0.05) is 5.88 Å². The van der Waals surface area contributed by atoms with Crippen LogP contribution in [0.25, 0.3) is 0 Å². The van der Waals surface area contributed by atoms with Crippen molar-refractivity contribution < 1.29 is 9.47 Å². The highest BCUT2D eigenvalue weighted by Crippen LogP contribution is 2.24. The fourth-order valence-electron chi connectivity index (χ4n) is 1.21. The molecule has 0 radical (unpaired) electrons. The summed E-state index contributed by atoms with van der Waals surface area (Å²) in [5.74, 6) is 0.331. The van der Waals surface area contributed by atoms with E-state index in [9.17, 15) is 0 Å². The van der Waals surface area contributed by atoms with E-state index in [0.29, 0.717) is 12.5 Å². The van der Waals surface area contributed by atoms with Crippen molar-refractivity contribution in [3.8, 4) is 0 Å². The third kappa shape index (κ3) is 2.97. The molecule has 1 aliphatic heterocycles. The van der Waals surface area contributed by atoms with Crippen molar-refractivity contribution in [2.24, 2.45) is 0 Å². The van der Waals surface area contributed by atoms with Crippen LogP contribution in [0.3, 0.4) is 0 Å². The Bertz CT molecular complexity index is 125. The summed E-state index contributed by atoms with van der Waals surface area (Å²) in [5.41, 5.74) is 0. The Labute approximate surface area is 72.8 Å². The molecule has 1 atom stereocenters. The molecular formula is C8H15ClO2. The SMILES string of the molecule is CC1(C)OCC(CCCCl)O1. The number of hydrogen-bond acceptors (Lipinski definition) is 2. The molecule has 1 saturated heterocycles. The fourth-order valence-corrected chi connectivity index (χ4v) is 1.36. The fraction of sp³-hybridized carbons (Fsp3) is 1.00. The molecule has 0 bridgehead atoms. The van der Waals surface area contributed by atoms with Crippen LogP contribution >= 0.6 is 11.6 Å². The maximum absolute atomic E-state index is 5.57. The Kier molecular flexibility index (Phi) is 3.16. The summed E-state index contributed by atoms with van der Waals surface area (Å²) in [6.45, 7) is 4.59. The van der Waals surface area contributed by atoms with Crippen LogP contribution in [-0.2, 0) is 9.47 Å². The number of alkyl halides is 1. The van der Waals surface area contributed by atoms with Crippen LogP contribution in [-0.4, -0.2) is 24.4 Å². The molecule has 3 heteroatoms. The monoisotopic (exact) mass is 178 g/mol. The van der Waals surface area contributed by atoms with E-state index < -0.39 is 0 Å². The van der Waals surface area contributed by atoms with E-state index in [1.165, 1.54) is 0 Å². The Balaban J connectivity index is 2.20. The highest BCUT2D eigenvalue weighted by atomic mass is 35.5. The predicted octanol–water partition coefficient (Wildman–Crippen LogP) is 2.16. The van der Waals surface area contributed by atoms with E-state index in [1.54, 1.807) is 0 Å². The maximum Gasteiger partial charge on any atom is 0.163 e. The van der Waals surface area contributed by atoms with Gasteiger partial charge in [-0.05, 0) is 26.7 Å². The first kappa shape index (κ1) is 9.30. The van der Waals surface area contributed by atoms with Crippen molar-refractivity contribution in [2.45, 2.75) is 38.6 Å². The second-order valence-corrected chi connectivity index (χ2v) is 3.66. The molecule has 0 aromatic heterocycles. The van der Waals surface area contributed by atoms with E-state index in [1.807, 2.05) is 13.8 Å². The van der Waals surface area contributed by atoms with Crippen molar-refractivity contribution in [2.75, 3.05) is 12.5 Å². The highest BCUT2D eigenvalue weighted by Gasteiger charge is 2.31. The summed E-state index contributed by atoms with van der Waals surface area (Å²) < 4.78 is 11.0. The van der Waals surface area contributed by atoms with Crippen LogP contribution < -0.4 is 0 Å². The molecule has 11 heavy (non-hydrogen) atoms. The lowest BCUT2D eigenvalue weighted by Gasteiger charge is -2.16. The summed E-state index contributed by atoms with van der Waals surface area (Å²) in [4.78, 5) is 0. The number of ether oxygens (including phenoxy) is 2. The van der Waals surface area contributed by atoms with Crippen LogP contribution in [0.5, 0.6) is 0 Å². The van der Waals surface area contributed by atoms with E-state index in [4.69, 9.17) is 21.1 Å². The quantitative estimate of drug-likeness (QED) is 0.617. The summed E-state index contributed by atoms with van der Waals surface area (Å²) in [6, 6.07) is 0. The first-order valence-electron chi connectivity index (χ1n) is 4.02. The largest absolute Gasteiger partial charge is 0.348 e. The van der Waals surface area contributed by atoms with E-state index in [2.05, 4.69) is 0 Å². The summed E-state index contributed by atoms with van der Waals surface area (Å²) in [5, 5.41) is 0. The van der Waals surface area contributed by atoms with Gasteiger partial charge in [0.05, 0.1) is 12.7 Å². The van der Waals surface area contributed by atoms with E-state index >= 15 is 0 Å². The Morgan fingerprint density at radius 1 is 1.55 bits per heavy atom. The van der Waals surface area contributed by atoms with Gasteiger partial charge in [-0.2, -0.15) is 0 Å². The molecule has 1 unspecified atom stereocenters. The lowest BCUT2D eigenvalue weighted by atomic mass is 10.2. The molecule has 0 aromatic rings. The van der Waals surface area contributed by atoms with Crippen molar-refractivity contribution in [1.29, 1.82) is 0 Å². The molecule has 0 aliphatic carbocycles. The van der Waals surface area contributed by atoms with Gasteiger partial charge in [0.25, 0.3) is 0 Å². The Morgan fingerprint density at radius 3 is 2.73 bits per heavy atom. The van der Waals surface area contributed by atoms with Crippen LogP contribution in [0.1, 0.15) is 26.7 Å². The van der Waals surface area contributed by atoms with Gasteiger partial charge in [-0.3, -0.25) is 0 Å². The molecule has 0 aromatic carbocycles. The maximum atomic E-state index is 5.57. The summed E-state index contributed by atoms with van der Waals surface area (Å²) in [7, 11) is 0. The molecule has 0 saturated carbocycles. The lowest BCUT2D eigenvalue weighted by molar-refractivity contribution is -0.138. The van der Waals surface area contributed by atoms with Crippen molar-refractivity contribution >= 4 is 11.6 Å². The molecule has 1 aliphatic rings. The van der Waals surface area contributed by atoms with Crippen LogP contribution in [0.15, 0.2) is 0 Å². The van der Waals surface area contributed by atoms with Gasteiger partial charge < -0.3 is 9.47 Å². The molecule has 1 heterocycles. The zero-order valence-electron chi connectivity index (χ0n) is 7.10. The number of rotatable bonds is 3. The molecule has 1 rings (SSSR count). The average Bonchev–Trinajstić information content (AvgIpc) is 2.26. The van der Waals surface area contributed by atoms with Gasteiger partial charge in [0.2, 0.25) is 0 Å². The zero-order valence-corrected chi connectivity index (χ0v) is 7.86.